The van der Waals surface area contributed by atoms with E-state index in [-0.39, 0.29) is 11.9 Å². The average molecular weight is 319 g/mol. The van der Waals surface area contributed by atoms with E-state index in [4.69, 9.17) is 0 Å². The Balaban J connectivity index is 2.03. The number of urea groups is 1. The lowest BCUT2D eigenvalue weighted by Gasteiger charge is -2.23. The summed E-state index contributed by atoms with van der Waals surface area (Å²) in [5.41, 5.74) is 1.98. The van der Waals surface area contributed by atoms with Crippen molar-refractivity contribution in [1.82, 2.24) is 25.1 Å². The molecule has 0 aromatic carbocycles. The van der Waals surface area contributed by atoms with Crippen LogP contribution in [0, 0.1) is 13.8 Å². The van der Waals surface area contributed by atoms with Gasteiger partial charge in [-0.1, -0.05) is 6.92 Å². The van der Waals surface area contributed by atoms with Crippen LogP contribution in [0.1, 0.15) is 41.5 Å². The van der Waals surface area contributed by atoms with Crippen molar-refractivity contribution in [2.75, 3.05) is 32.7 Å². The summed E-state index contributed by atoms with van der Waals surface area (Å²) in [4.78, 5) is 36.7. The third-order valence-electron chi connectivity index (χ3n) is 4.04. The molecule has 1 fully saturated rings. The molecule has 1 aliphatic heterocycles. The zero-order valence-electron chi connectivity index (χ0n) is 14.1. The predicted molar refractivity (Wildman–Crippen MR) is 87.3 cm³/mol. The highest BCUT2D eigenvalue weighted by Gasteiger charge is 2.25. The molecule has 0 spiro atoms. The summed E-state index contributed by atoms with van der Waals surface area (Å²) in [6.07, 6.45) is 3.16. The SMILES string of the molecule is CCCNC(=O)N1CCCN(C(=O)c2c(C)ncnc2C)CC1. The molecule has 0 bridgehead atoms. The molecule has 0 saturated carbocycles. The van der Waals surface area contributed by atoms with Gasteiger partial charge in [0, 0.05) is 32.7 Å². The molecule has 0 unspecified atom stereocenters. The lowest BCUT2D eigenvalue weighted by molar-refractivity contribution is 0.0759. The summed E-state index contributed by atoms with van der Waals surface area (Å²) in [6, 6.07) is -0.0449. The summed E-state index contributed by atoms with van der Waals surface area (Å²) in [7, 11) is 0. The summed E-state index contributed by atoms with van der Waals surface area (Å²) >= 11 is 0. The van der Waals surface area contributed by atoms with Crippen molar-refractivity contribution in [3.05, 3.63) is 23.3 Å². The molecule has 1 saturated heterocycles. The minimum Gasteiger partial charge on any atom is -0.338 e. The number of hydrogen-bond donors (Lipinski definition) is 1. The van der Waals surface area contributed by atoms with Crippen LogP contribution in [-0.2, 0) is 0 Å². The quantitative estimate of drug-likeness (QED) is 0.912. The molecule has 23 heavy (non-hydrogen) atoms. The first-order chi connectivity index (χ1) is 11.0. The van der Waals surface area contributed by atoms with E-state index >= 15 is 0 Å². The van der Waals surface area contributed by atoms with Gasteiger partial charge >= 0.3 is 6.03 Å². The van der Waals surface area contributed by atoms with E-state index < -0.39 is 0 Å². The van der Waals surface area contributed by atoms with Crippen LogP contribution in [-0.4, -0.2) is 64.4 Å². The highest BCUT2D eigenvalue weighted by atomic mass is 16.2. The van der Waals surface area contributed by atoms with Crippen LogP contribution in [0.15, 0.2) is 6.33 Å². The summed E-state index contributed by atoms with van der Waals surface area (Å²) in [5.74, 6) is -0.0450. The lowest BCUT2D eigenvalue weighted by Crippen LogP contribution is -2.43. The van der Waals surface area contributed by atoms with Gasteiger partial charge in [-0.3, -0.25) is 4.79 Å². The van der Waals surface area contributed by atoms with Crippen molar-refractivity contribution >= 4 is 11.9 Å². The predicted octanol–water partition coefficient (Wildman–Crippen LogP) is 1.36. The standard InChI is InChI=1S/C16H25N5O2/c1-4-6-17-16(23)21-8-5-7-20(9-10-21)15(22)14-12(2)18-11-19-13(14)3/h11H,4-10H2,1-3H3,(H,17,23). The summed E-state index contributed by atoms with van der Waals surface area (Å²) in [6.45, 7) is 8.74. The molecule has 126 valence electrons. The Bertz CT molecular complexity index is 555. The van der Waals surface area contributed by atoms with Crippen LogP contribution in [0.25, 0.3) is 0 Å². The van der Waals surface area contributed by atoms with Gasteiger partial charge in [-0.15, -0.1) is 0 Å². The molecule has 0 radical (unpaired) electrons. The molecule has 0 atom stereocenters. The van der Waals surface area contributed by atoms with Crippen molar-refractivity contribution in [2.24, 2.45) is 0 Å². The number of aromatic nitrogens is 2. The molecule has 1 aromatic rings. The number of nitrogens with one attached hydrogen (secondary N) is 1. The third kappa shape index (κ3) is 4.18. The van der Waals surface area contributed by atoms with Crippen molar-refractivity contribution in [2.45, 2.75) is 33.6 Å². The Labute approximate surface area is 137 Å². The number of hydrogen-bond acceptors (Lipinski definition) is 4. The van der Waals surface area contributed by atoms with Gasteiger partial charge in [-0.05, 0) is 26.7 Å². The Morgan fingerprint density at radius 1 is 1.09 bits per heavy atom. The second-order valence-corrected chi connectivity index (χ2v) is 5.78. The van der Waals surface area contributed by atoms with Gasteiger partial charge in [-0.2, -0.15) is 0 Å². The van der Waals surface area contributed by atoms with Crippen molar-refractivity contribution in [1.29, 1.82) is 0 Å². The minimum atomic E-state index is -0.0450. The van der Waals surface area contributed by atoms with Gasteiger partial charge < -0.3 is 15.1 Å². The second-order valence-electron chi connectivity index (χ2n) is 5.78. The van der Waals surface area contributed by atoms with E-state index in [1.807, 2.05) is 20.8 Å². The average Bonchev–Trinajstić information content (AvgIpc) is 2.78. The van der Waals surface area contributed by atoms with E-state index in [0.717, 1.165) is 12.8 Å². The first-order valence-corrected chi connectivity index (χ1v) is 8.14. The smallest absolute Gasteiger partial charge is 0.317 e. The molecule has 2 heterocycles. The van der Waals surface area contributed by atoms with Crippen LogP contribution < -0.4 is 5.32 Å². The summed E-state index contributed by atoms with van der Waals surface area (Å²) in [5, 5.41) is 2.89. The van der Waals surface area contributed by atoms with E-state index in [2.05, 4.69) is 15.3 Å². The Kier molecular flexibility index (Phi) is 5.90. The molecular formula is C16H25N5O2. The Morgan fingerprint density at radius 3 is 2.35 bits per heavy atom. The van der Waals surface area contributed by atoms with E-state index in [0.29, 0.717) is 49.7 Å². The minimum absolute atomic E-state index is 0.0449. The maximum absolute atomic E-state index is 12.8. The molecule has 1 aliphatic rings. The lowest BCUT2D eigenvalue weighted by atomic mass is 10.1. The Hall–Kier alpha value is -2.18. The van der Waals surface area contributed by atoms with Crippen LogP contribution in [0.4, 0.5) is 4.79 Å². The monoisotopic (exact) mass is 319 g/mol. The number of nitrogens with zero attached hydrogens (tertiary/aromatic N) is 4. The van der Waals surface area contributed by atoms with Gasteiger partial charge in [0.25, 0.3) is 5.91 Å². The first kappa shape index (κ1) is 17.2. The molecule has 0 aliphatic carbocycles. The van der Waals surface area contributed by atoms with Crippen LogP contribution in [0.2, 0.25) is 0 Å². The largest absolute Gasteiger partial charge is 0.338 e. The van der Waals surface area contributed by atoms with Gasteiger partial charge in [0.2, 0.25) is 0 Å². The molecule has 1 N–H and O–H groups in total. The van der Waals surface area contributed by atoms with Crippen molar-refractivity contribution < 1.29 is 9.59 Å². The zero-order valence-corrected chi connectivity index (χ0v) is 14.1. The molecular weight excluding hydrogens is 294 g/mol. The second kappa shape index (κ2) is 7.89. The number of rotatable bonds is 3. The van der Waals surface area contributed by atoms with E-state index in [9.17, 15) is 9.59 Å². The number of carbonyl (C=O) groups is 2. The molecule has 7 nitrogen and oxygen atoms in total. The van der Waals surface area contributed by atoms with Gasteiger partial charge in [-0.25, -0.2) is 14.8 Å². The molecule has 1 aromatic heterocycles. The first-order valence-electron chi connectivity index (χ1n) is 8.14. The van der Waals surface area contributed by atoms with Crippen molar-refractivity contribution in [3.63, 3.8) is 0 Å². The van der Waals surface area contributed by atoms with E-state index in [1.54, 1.807) is 9.80 Å². The highest BCUT2D eigenvalue weighted by molar-refractivity contribution is 5.96. The van der Waals surface area contributed by atoms with Crippen LogP contribution in [0.3, 0.4) is 0 Å². The normalized spacial score (nSPS) is 15.3. The number of carbonyl (C=O) groups excluding carboxylic acids is 2. The van der Waals surface area contributed by atoms with Crippen LogP contribution >= 0.6 is 0 Å². The topological polar surface area (TPSA) is 78.4 Å². The molecule has 7 heteroatoms. The maximum atomic E-state index is 12.8. The Morgan fingerprint density at radius 2 is 1.70 bits per heavy atom. The molecule has 3 amide bonds. The third-order valence-corrected chi connectivity index (χ3v) is 4.04. The van der Waals surface area contributed by atoms with Gasteiger partial charge in [0.05, 0.1) is 17.0 Å². The van der Waals surface area contributed by atoms with Crippen LogP contribution in [0.5, 0.6) is 0 Å². The summed E-state index contributed by atoms with van der Waals surface area (Å²) < 4.78 is 0. The zero-order chi connectivity index (χ0) is 16.8. The fraction of sp³-hybridized carbons (Fsp3) is 0.625. The highest BCUT2D eigenvalue weighted by Crippen LogP contribution is 2.14. The molecule has 2 rings (SSSR count). The number of aryl methyl sites for hydroxylation is 2. The van der Waals surface area contributed by atoms with Crippen molar-refractivity contribution in [3.8, 4) is 0 Å². The van der Waals surface area contributed by atoms with Gasteiger partial charge in [0.15, 0.2) is 0 Å². The van der Waals surface area contributed by atoms with Gasteiger partial charge in [0.1, 0.15) is 6.33 Å². The fourth-order valence-corrected chi connectivity index (χ4v) is 2.73. The maximum Gasteiger partial charge on any atom is 0.317 e. The fourth-order valence-electron chi connectivity index (χ4n) is 2.73. The van der Waals surface area contributed by atoms with E-state index in [1.165, 1.54) is 6.33 Å². The number of amides is 3.